The minimum atomic E-state index is -0.847. The van der Waals surface area contributed by atoms with E-state index in [0.29, 0.717) is 36.8 Å². The number of benzene rings is 2. The largest absolute Gasteiger partial charge is 0.493 e. The molecule has 0 aliphatic carbocycles. The number of aliphatic carboxylic acids is 1. The van der Waals surface area contributed by atoms with E-state index >= 15 is 0 Å². The van der Waals surface area contributed by atoms with Gasteiger partial charge in [-0.25, -0.2) is 9.97 Å². The van der Waals surface area contributed by atoms with E-state index in [2.05, 4.69) is 16.0 Å². The molecular weight excluding hydrogens is 504 g/mol. The number of rotatable bonds is 8. The third-order valence-corrected chi connectivity index (χ3v) is 7.20. The highest BCUT2D eigenvalue weighted by Crippen LogP contribution is 2.37. The summed E-state index contributed by atoms with van der Waals surface area (Å²) in [7, 11) is 1.76. The summed E-state index contributed by atoms with van der Waals surface area (Å²) in [5, 5.41) is 9.15. The molecule has 0 atom stereocenters. The molecule has 8 nitrogen and oxygen atoms in total. The van der Waals surface area contributed by atoms with Crippen molar-refractivity contribution in [1.82, 2.24) is 9.97 Å². The molecule has 1 N–H and O–H groups in total. The van der Waals surface area contributed by atoms with E-state index in [9.17, 15) is 9.59 Å². The molecule has 0 spiro atoms. The standard InChI is InChI=1S/C32H32N4O4/c1-5-36-30-26(32(39)35(4)27-7-6-13-33-31(27)36)17-23(19-34-30)12-14-40-28-11-10-24(15-21(28)3)25-16-22(18-29(37)38)9-8-20(25)2/h6-11,13,15-17,19H,5,12,14,18H2,1-4H3,(H,37,38). The van der Waals surface area contributed by atoms with Gasteiger partial charge in [-0.1, -0.05) is 24.3 Å². The lowest BCUT2D eigenvalue weighted by Crippen LogP contribution is -2.25. The number of carbonyl (C=O) groups is 2. The minimum absolute atomic E-state index is 0.00676. The van der Waals surface area contributed by atoms with Crippen LogP contribution in [-0.4, -0.2) is 47.2 Å². The van der Waals surface area contributed by atoms with Gasteiger partial charge in [0.2, 0.25) is 0 Å². The summed E-state index contributed by atoms with van der Waals surface area (Å²) in [5.74, 6) is 1.13. The molecule has 8 heteroatoms. The normalized spacial score (nSPS) is 12.6. The number of ether oxygens (including phenoxy) is 1. The first-order valence-electron chi connectivity index (χ1n) is 13.3. The Labute approximate surface area is 233 Å². The van der Waals surface area contributed by atoms with Gasteiger partial charge in [0.25, 0.3) is 5.91 Å². The van der Waals surface area contributed by atoms with Gasteiger partial charge in [-0.15, -0.1) is 0 Å². The van der Waals surface area contributed by atoms with Crippen LogP contribution in [0.5, 0.6) is 5.75 Å². The molecule has 40 heavy (non-hydrogen) atoms. The van der Waals surface area contributed by atoms with Gasteiger partial charge in [-0.2, -0.15) is 0 Å². The van der Waals surface area contributed by atoms with Crippen LogP contribution in [0, 0.1) is 13.8 Å². The fraction of sp³-hybridized carbons (Fsp3) is 0.250. The lowest BCUT2D eigenvalue weighted by molar-refractivity contribution is -0.136. The Morgan fingerprint density at radius 3 is 2.50 bits per heavy atom. The maximum Gasteiger partial charge on any atom is 0.307 e. The third kappa shape index (κ3) is 5.25. The van der Waals surface area contributed by atoms with Gasteiger partial charge < -0.3 is 19.6 Å². The number of carbonyl (C=O) groups excluding carboxylic acids is 1. The van der Waals surface area contributed by atoms with Crippen molar-refractivity contribution in [3.63, 3.8) is 0 Å². The first kappa shape index (κ1) is 26.9. The third-order valence-electron chi connectivity index (χ3n) is 7.20. The second-order valence-electron chi connectivity index (χ2n) is 9.97. The van der Waals surface area contributed by atoms with E-state index in [1.165, 1.54) is 0 Å². The first-order valence-corrected chi connectivity index (χ1v) is 13.3. The van der Waals surface area contributed by atoms with Crippen molar-refractivity contribution < 1.29 is 19.4 Å². The Morgan fingerprint density at radius 2 is 1.75 bits per heavy atom. The number of aryl methyl sites for hydroxylation is 2. The maximum atomic E-state index is 13.4. The van der Waals surface area contributed by atoms with Crippen molar-refractivity contribution in [2.24, 2.45) is 0 Å². The van der Waals surface area contributed by atoms with E-state index < -0.39 is 5.97 Å². The molecule has 1 amide bonds. The number of hydrogen-bond acceptors (Lipinski definition) is 6. The molecule has 3 heterocycles. The van der Waals surface area contributed by atoms with E-state index in [1.807, 2.05) is 74.2 Å². The fourth-order valence-corrected chi connectivity index (χ4v) is 5.08. The van der Waals surface area contributed by atoms with Crippen molar-refractivity contribution >= 4 is 29.2 Å². The minimum Gasteiger partial charge on any atom is -0.493 e. The van der Waals surface area contributed by atoms with Crippen molar-refractivity contribution in [1.29, 1.82) is 0 Å². The van der Waals surface area contributed by atoms with Crippen molar-refractivity contribution in [3.05, 3.63) is 94.8 Å². The molecule has 2 aromatic carbocycles. The summed E-state index contributed by atoms with van der Waals surface area (Å²) in [6.07, 6.45) is 4.11. The van der Waals surface area contributed by atoms with Gasteiger partial charge in [0.05, 0.1) is 24.3 Å². The van der Waals surface area contributed by atoms with Gasteiger partial charge in [0, 0.05) is 32.4 Å². The van der Waals surface area contributed by atoms with Gasteiger partial charge in [0.15, 0.2) is 5.82 Å². The molecule has 1 aliphatic rings. The topological polar surface area (TPSA) is 95.9 Å². The van der Waals surface area contributed by atoms with Gasteiger partial charge >= 0.3 is 5.97 Å². The van der Waals surface area contributed by atoms with Crippen LogP contribution in [0.15, 0.2) is 67.0 Å². The van der Waals surface area contributed by atoms with Crippen LogP contribution in [0.25, 0.3) is 11.1 Å². The molecule has 0 unspecified atom stereocenters. The van der Waals surface area contributed by atoms with Crippen LogP contribution in [0.4, 0.5) is 17.3 Å². The molecular formula is C32H32N4O4. The Morgan fingerprint density at radius 1 is 0.950 bits per heavy atom. The van der Waals surface area contributed by atoms with Crippen molar-refractivity contribution in [2.45, 2.75) is 33.6 Å². The maximum absolute atomic E-state index is 13.4. The number of carboxylic acids is 1. The predicted molar refractivity (Wildman–Crippen MR) is 156 cm³/mol. The summed E-state index contributed by atoms with van der Waals surface area (Å²) in [6.45, 7) is 7.09. The molecule has 0 saturated heterocycles. The van der Waals surface area contributed by atoms with E-state index in [1.54, 1.807) is 24.3 Å². The molecule has 0 bridgehead atoms. The molecule has 2 aromatic heterocycles. The highest BCUT2D eigenvalue weighted by Gasteiger charge is 2.30. The van der Waals surface area contributed by atoms with Crippen LogP contribution in [0.2, 0.25) is 0 Å². The van der Waals surface area contributed by atoms with Gasteiger partial charge in [-0.05, 0) is 84.5 Å². The number of carboxylic acid groups (broad SMARTS) is 1. The van der Waals surface area contributed by atoms with Gasteiger partial charge in [0.1, 0.15) is 11.6 Å². The quantitative estimate of drug-likeness (QED) is 0.306. The van der Waals surface area contributed by atoms with E-state index in [0.717, 1.165) is 44.8 Å². The molecule has 0 saturated carbocycles. The number of amides is 1. The van der Waals surface area contributed by atoms with Crippen LogP contribution in [-0.2, 0) is 17.6 Å². The summed E-state index contributed by atoms with van der Waals surface area (Å²) in [4.78, 5) is 37.3. The summed E-state index contributed by atoms with van der Waals surface area (Å²) in [6, 6.07) is 17.4. The lowest BCUT2D eigenvalue weighted by Gasteiger charge is -2.22. The van der Waals surface area contributed by atoms with Crippen LogP contribution < -0.4 is 14.5 Å². The summed E-state index contributed by atoms with van der Waals surface area (Å²) >= 11 is 0. The number of hydrogen-bond donors (Lipinski definition) is 1. The summed E-state index contributed by atoms with van der Waals surface area (Å²) < 4.78 is 6.13. The Hall–Kier alpha value is -4.72. The molecule has 4 aromatic rings. The number of anilines is 3. The fourth-order valence-electron chi connectivity index (χ4n) is 5.08. The average molecular weight is 537 g/mol. The molecule has 0 radical (unpaired) electrons. The molecule has 1 aliphatic heterocycles. The Balaban J connectivity index is 1.31. The zero-order valence-electron chi connectivity index (χ0n) is 23.1. The summed E-state index contributed by atoms with van der Waals surface area (Å²) in [5.41, 5.74) is 7.07. The van der Waals surface area contributed by atoms with Crippen LogP contribution in [0.3, 0.4) is 0 Å². The number of aromatic nitrogens is 2. The zero-order valence-corrected chi connectivity index (χ0v) is 23.1. The average Bonchev–Trinajstić information content (AvgIpc) is 3.03. The second kappa shape index (κ2) is 11.2. The predicted octanol–water partition coefficient (Wildman–Crippen LogP) is 5.76. The highest BCUT2D eigenvalue weighted by atomic mass is 16.5. The number of fused-ring (bicyclic) bond motifs is 2. The van der Waals surface area contributed by atoms with Crippen molar-refractivity contribution in [2.75, 3.05) is 30.0 Å². The Kier molecular flexibility index (Phi) is 7.51. The smallest absolute Gasteiger partial charge is 0.307 e. The van der Waals surface area contributed by atoms with Crippen LogP contribution >= 0.6 is 0 Å². The SMILES string of the molecule is CCN1c2ncc(CCOc3ccc(-c4cc(CC(=O)O)ccc4C)cc3C)cc2C(=O)N(C)c2cccnc21. The van der Waals surface area contributed by atoms with Crippen molar-refractivity contribution in [3.8, 4) is 16.9 Å². The molecule has 0 fully saturated rings. The van der Waals surface area contributed by atoms with Crippen LogP contribution in [0.1, 0.15) is 39.5 Å². The monoisotopic (exact) mass is 536 g/mol. The molecule has 5 rings (SSSR count). The second-order valence-corrected chi connectivity index (χ2v) is 9.97. The first-order chi connectivity index (χ1) is 19.3. The Bertz CT molecular complexity index is 1600. The lowest BCUT2D eigenvalue weighted by atomic mass is 9.96. The number of nitrogens with zero attached hydrogens (tertiary/aromatic N) is 4. The molecule has 204 valence electrons. The van der Waals surface area contributed by atoms with Gasteiger partial charge in [-0.3, -0.25) is 9.59 Å². The van der Waals surface area contributed by atoms with E-state index in [-0.39, 0.29) is 12.3 Å². The number of pyridine rings is 2. The highest BCUT2D eigenvalue weighted by molar-refractivity contribution is 6.12. The van der Waals surface area contributed by atoms with E-state index in [4.69, 9.17) is 9.84 Å². The zero-order chi connectivity index (χ0) is 28.4.